The minimum atomic E-state index is -0.414. The first-order chi connectivity index (χ1) is 16.6. The topological polar surface area (TPSA) is 87.7 Å². The smallest absolute Gasteiger partial charge is 0.229 e. The summed E-state index contributed by atoms with van der Waals surface area (Å²) in [7, 11) is 1.59. The molecule has 2 aromatic carbocycles. The highest BCUT2D eigenvalue weighted by Crippen LogP contribution is 2.29. The fraction of sp³-hybridized carbons (Fsp3) is 0.308. The molecule has 3 heterocycles. The van der Waals surface area contributed by atoms with Crippen molar-refractivity contribution in [2.45, 2.75) is 19.3 Å². The average molecular weight is 458 g/mol. The van der Waals surface area contributed by atoms with Crippen molar-refractivity contribution in [3.63, 3.8) is 0 Å². The fourth-order valence-electron chi connectivity index (χ4n) is 4.47. The normalized spacial score (nSPS) is 17.8. The van der Waals surface area contributed by atoms with E-state index in [-0.39, 0.29) is 18.2 Å². The predicted molar refractivity (Wildman–Crippen MR) is 131 cm³/mol. The van der Waals surface area contributed by atoms with E-state index in [1.807, 2.05) is 54.6 Å². The first-order valence-electron chi connectivity index (χ1n) is 11.5. The second-order valence-electron chi connectivity index (χ2n) is 8.64. The minimum absolute atomic E-state index is 0.0697. The second-order valence-corrected chi connectivity index (χ2v) is 8.64. The van der Waals surface area contributed by atoms with Crippen LogP contribution in [-0.4, -0.2) is 48.8 Å². The van der Waals surface area contributed by atoms with E-state index >= 15 is 0 Å². The van der Waals surface area contributed by atoms with E-state index in [4.69, 9.17) is 4.74 Å². The third kappa shape index (κ3) is 4.57. The molecule has 0 saturated carbocycles. The average Bonchev–Trinajstić information content (AvgIpc) is 3.55. The number of nitrogens with zero attached hydrogens (tertiary/aromatic N) is 4. The van der Waals surface area contributed by atoms with Crippen molar-refractivity contribution in [3.8, 4) is 17.0 Å². The van der Waals surface area contributed by atoms with Gasteiger partial charge in [0.05, 0.1) is 18.7 Å². The van der Waals surface area contributed by atoms with Gasteiger partial charge in [0.25, 0.3) is 0 Å². The maximum Gasteiger partial charge on any atom is 0.229 e. The lowest BCUT2D eigenvalue weighted by Gasteiger charge is -2.17. The molecule has 1 aromatic heterocycles. The van der Waals surface area contributed by atoms with E-state index in [0.29, 0.717) is 18.0 Å². The Bertz CT molecular complexity index is 1170. The zero-order valence-electron chi connectivity index (χ0n) is 19.1. The largest absolute Gasteiger partial charge is 0.497 e. The van der Waals surface area contributed by atoms with E-state index in [0.717, 1.165) is 35.9 Å². The zero-order valence-corrected chi connectivity index (χ0v) is 19.1. The van der Waals surface area contributed by atoms with Crippen LogP contribution in [0, 0.1) is 5.92 Å². The van der Waals surface area contributed by atoms with Crippen molar-refractivity contribution in [1.29, 1.82) is 0 Å². The van der Waals surface area contributed by atoms with Crippen LogP contribution in [0.2, 0.25) is 0 Å². The van der Waals surface area contributed by atoms with E-state index < -0.39 is 5.92 Å². The number of nitrogens with one attached hydrogen (secondary N) is 1. The summed E-state index contributed by atoms with van der Waals surface area (Å²) < 4.78 is 5.25. The molecule has 5 rings (SSSR count). The number of ether oxygens (including phenoxy) is 1. The Morgan fingerprint density at radius 3 is 2.53 bits per heavy atom. The molecule has 2 saturated heterocycles. The standard InChI is InChI=1S/C26H27N5O3/c1-34-22-6-4-5-21(16-22)31-17-19(15-25(31)32)26(33)27-20-9-7-18(8-10-20)23-11-12-24(29-28-23)30-13-2-3-14-30/h4-12,16,19H,2-3,13-15,17H2,1H3,(H,27,33). The zero-order chi connectivity index (χ0) is 23.5. The molecule has 0 bridgehead atoms. The Labute approximate surface area is 198 Å². The van der Waals surface area contributed by atoms with Crippen molar-refractivity contribution in [2.75, 3.05) is 41.9 Å². The molecule has 34 heavy (non-hydrogen) atoms. The van der Waals surface area contributed by atoms with Crippen LogP contribution in [0.1, 0.15) is 19.3 Å². The Kier molecular flexibility index (Phi) is 6.12. The number of hydrogen-bond acceptors (Lipinski definition) is 6. The molecule has 174 valence electrons. The highest BCUT2D eigenvalue weighted by Gasteiger charge is 2.35. The molecule has 0 radical (unpaired) electrons. The van der Waals surface area contributed by atoms with Crippen LogP contribution in [-0.2, 0) is 9.59 Å². The van der Waals surface area contributed by atoms with Crippen molar-refractivity contribution in [3.05, 3.63) is 60.7 Å². The molecule has 8 heteroatoms. The summed E-state index contributed by atoms with van der Waals surface area (Å²) in [5.74, 6) is 0.941. The summed E-state index contributed by atoms with van der Waals surface area (Å²) in [6.45, 7) is 2.41. The summed E-state index contributed by atoms with van der Waals surface area (Å²) in [4.78, 5) is 29.3. The van der Waals surface area contributed by atoms with Gasteiger partial charge >= 0.3 is 0 Å². The molecule has 8 nitrogen and oxygen atoms in total. The molecule has 1 unspecified atom stereocenters. The third-order valence-corrected chi connectivity index (χ3v) is 6.39. The fourth-order valence-corrected chi connectivity index (χ4v) is 4.47. The maximum absolute atomic E-state index is 12.8. The van der Waals surface area contributed by atoms with Gasteiger partial charge in [-0.1, -0.05) is 18.2 Å². The Hall–Kier alpha value is -3.94. The molecule has 1 atom stereocenters. The molecular weight excluding hydrogens is 430 g/mol. The number of anilines is 3. The summed E-state index contributed by atoms with van der Waals surface area (Å²) in [6.07, 6.45) is 2.58. The first kappa shape index (κ1) is 21.9. The van der Waals surface area contributed by atoms with Gasteiger partial charge in [-0.25, -0.2) is 0 Å². The number of aromatic nitrogens is 2. The molecule has 2 fully saturated rings. The predicted octanol–water partition coefficient (Wildman–Crippen LogP) is 3.74. The SMILES string of the molecule is COc1cccc(N2CC(C(=O)Nc3ccc(-c4ccc(N5CCCC5)nn4)cc3)CC2=O)c1. The number of amides is 2. The Morgan fingerprint density at radius 2 is 1.82 bits per heavy atom. The highest BCUT2D eigenvalue weighted by molar-refractivity contribution is 6.03. The number of benzene rings is 2. The van der Waals surface area contributed by atoms with Crippen molar-refractivity contribution in [2.24, 2.45) is 5.92 Å². The third-order valence-electron chi connectivity index (χ3n) is 6.39. The van der Waals surface area contributed by atoms with Crippen LogP contribution in [0.15, 0.2) is 60.7 Å². The van der Waals surface area contributed by atoms with E-state index in [2.05, 4.69) is 20.4 Å². The molecular formula is C26H27N5O3. The maximum atomic E-state index is 12.8. The summed E-state index contributed by atoms with van der Waals surface area (Å²) in [6, 6.07) is 18.8. The van der Waals surface area contributed by atoms with Crippen LogP contribution in [0.4, 0.5) is 17.2 Å². The number of carbonyl (C=O) groups is 2. The van der Waals surface area contributed by atoms with Crippen molar-refractivity contribution in [1.82, 2.24) is 10.2 Å². The first-order valence-corrected chi connectivity index (χ1v) is 11.5. The van der Waals surface area contributed by atoms with Gasteiger partial charge in [0.15, 0.2) is 5.82 Å². The van der Waals surface area contributed by atoms with Crippen LogP contribution in [0.5, 0.6) is 5.75 Å². The van der Waals surface area contributed by atoms with E-state index in [1.165, 1.54) is 12.8 Å². The van der Waals surface area contributed by atoms with Crippen molar-refractivity contribution >= 4 is 29.0 Å². The van der Waals surface area contributed by atoms with Crippen LogP contribution in [0.3, 0.4) is 0 Å². The summed E-state index contributed by atoms with van der Waals surface area (Å²) >= 11 is 0. The minimum Gasteiger partial charge on any atom is -0.497 e. The number of rotatable bonds is 6. The molecule has 2 aliphatic rings. The lowest BCUT2D eigenvalue weighted by Crippen LogP contribution is -2.28. The van der Waals surface area contributed by atoms with Crippen LogP contribution < -0.4 is 19.9 Å². The quantitative estimate of drug-likeness (QED) is 0.607. The molecule has 2 amide bonds. The monoisotopic (exact) mass is 457 g/mol. The van der Waals surface area contributed by atoms with Gasteiger partial charge in [0.1, 0.15) is 5.75 Å². The highest BCUT2D eigenvalue weighted by atomic mass is 16.5. The molecule has 1 N–H and O–H groups in total. The van der Waals surface area contributed by atoms with Gasteiger partial charge in [-0.2, -0.15) is 0 Å². The number of carbonyl (C=O) groups excluding carboxylic acids is 2. The van der Waals surface area contributed by atoms with Crippen LogP contribution in [0.25, 0.3) is 11.3 Å². The molecule has 0 aliphatic carbocycles. The van der Waals surface area contributed by atoms with Crippen molar-refractivity contribution < 1.29 is 14.3 Å². The Morgan fingerprint density at radius 1 is 1.03 bits per heavy atom. The van der Waals surface area contributed by atoms with Crippen LogP contribution >= 0.6 is 0 Å². The number of methoxy groups -OCH3 is 1. The van der Waals surface area contributed by atoms with Gasteiger partial charge in [-0.05, 0) is 49.2 Å². The molecule has 2 aliphatic heterocycles. The van der Waals surface area contributed by atoms with Gasteiger partial charge in [-0.3, -0.25) is 9.59 Å². The van der Waals surface area contributed by atoms with Gasteiger partial charge in [-0.15, -0.1) is 10.2 Å². The lowest BCUT2D eigenvalue weighted by atomic mass is 10.1. The summed E-state index contributed by atoms with van der Waals surface area (Å²) in [5.41, 5.74) is 3.14. The number of hydrogen-bond donors (Lipinski definition) is 1. The molecule has 0 spiro atoms. The van der Waals surface area contributed by atoms with E-state index in [9.17, 15) is 9.59 Å². The van der Waals surface area contributed by atoms with Gasteiger partial charge in [0.2, 0.25) is 11.8 Å². The van der Waals surface area contributed by atoms with E-state index in [1.54, 1.807) is 18.1 Å². The lowest BCUT2D eigenvalue weighted by molar-refractivity contribution is -0.122. The Balaban J connectivity index is 1.21. The van der Waals surface area contributed by atoms with Gasteiger partial charge < -0.3 is 19.9 Å². The molecule has 3 aromatic rings. The summed E-state index contributed by atoms with van der Waals surface area (Å²) in [5, 5.41) is 11.7. The second kappa shape index (κ2) is 9.51. The van der Waals surface area contributed by atoms with Gasteiger partial charge in [0, 0.05) is 49.1 Å².